The zero-order valence-corrected chi connectivity index (χ0v) is 14.6. The Morgan fingerprint density at radius 3 is 2.56 bits per heavy atom. The highest BCUT2D eigenvalue weighted by Gasteiger charge is 2.15. The second-order valence-electron chi connectivity index (χ2n) is 5.28. The van der Waals surface area contributed by atoms with Crippen LogP contribution in [0.1, 0.15) is 34.3 Å². The maximum absolute atomic E-state index is 12.2. The molecule has 0 unspecified atom stereocenters. The summed E-state index contributed by atoms with van der Waals surface area (Å²) in [5, 5.41) is 3.79. The number of aryl methyl sites for hydroxylation is 2. The van der Waals surface area contributed by atoms with Crippen LogP contribution in [0.5, 0.6) is 11.5 Å². The fourth-order valence-corrected chi connectivity index (χ4v) is 2.24. The van der Waals surface area contributed by atoms with Crippen molar-refractivity contribution >= 4 is 11.8 Å². The highest BCUT2D eigenvalue weighted by atomic mass is 16.5. The van der Waals surface area contributed by atoms with Crippen LogP contribution in [0.3, 0.4) is 0 Å². The number of rotatable bonds is 6. The zero-order chi connectivity index (χ0) is 18.4. The summed E-state index contributed by atoms with van der Waals surface area (Å²) >= 11 is 0. The molecule has 8 heteroatoms. The highest BCUT2D eigenvalue weighted by molar-refractivity contribution is 5.96. The number of carbonyl (C=O) groups excluding carboxylic acids is 2. The van der Waals surface area contributed by atoms with E-state index in [9.17, 15) is 9.59 Å². The first kappa shape index (κ1) is 18.3. The van der Waals surface area contributed by atoms with Crippen LogP contribution in [0.4, 0.5) is 0 Å². The Kier molecular flexibility index (Phi) is 5.99. The average Bonchev–Trinajstić information content (AvgIpc) is 2.92. The van der Waals surface area contributed by atoms with Gasteiger partial charge in [0.15, 0.2) is 11.5 Å². The van der Waals surface area contributed by atoms with Crippen molar-refractivity contribution in [1.82, 2.24) is 16.0 Å². The summed E-state index contributed by atoms with van der Waals surface area (Å²) in [5.41, 5.74) is 6.42. The van der Waals surface area contributed by atoms with Crippen LogP contribution in [0.2, 0.25) is 0 Å². The average molecular weight is 347 g/mol. The number of hydrogen-bond acceptors (Lipinski definition) is 6. The number of carbonyl (C=O) groups is 2. The second-order valence-corrected chi connectivity index (χ2v) is 5.28. The molecule has 1 heterocycles. The van der Waals surface area contributed by atoms with Crippen molar-refractivity contribution in [3.05, 3.63) is 40.8 Å². The van der Waals surface area contributed by atoms with E-state index in [1.807, 2.05) is 6.92 Å². The smallest absolute Gasteiger partial charge is 0.269 e. The zero-order valence-electron chi connectivity index (χ0n) is 14.6. The molecular formula is C17H21N3O5. The molecule has 2 aromatic rings. The van der Waals surface area contributed by atoms with Gasteiger partial charge in [0, 0.05) is 11.1 Å². The largest absolute Gasteiger partial charge is 0.493 e. The number of methoxy groups -OCH3 is 1. The van der Waals surface area contributed by atoms with Gasteiger partial charge in [-0.25, -0.2) is 0 Å². The Morgan fingerprint density at radius 2 is 1.96 bits per heavy atom. The van der Waals surface area contributed by atoms with Crippen molar-refractivity contribution in [2.24, 2.45) is 0 Å². The lowest BCUT2D eigenvalue weighted by molar-refractivity contribution is -0.121. The Morgan fingerprint density at radius 1 is 1.20 bits per heavy atom. The van der Waals surface area contributed by atoms with E-state index in [0.29, 0.717) is 40.7 Å². The quantitative estimate of drug-likeness (QED) is 0.771. The summed E-state index contributed by atoms with van der Waals surface area (Å²) in [6.07, 6.45) is 0.0635. The third kappa shape index (κ3) is 4.50. The van der Waals surface area contributed by atoms with E-state index >= 15 is 0 Å². The first-order valence-electron chi connectivity index (χ1n) is 7.78. The first-order valence-corrected chi connectivity index (χ1v) is 7.78. The maximum atomic E-state index is 12.2. The molecule has 0 aliphatic heterocycles. The summed E-state index contributed by atoms with van der Waals surface area (Å²) in [6.45, 7) is 5.82. The topological polar surface area (TPSA) is 103 Å². The van der Waals surface area contributed by atoms with Crippen molar-refractivity contribution in [2.75, 3.05) is 13.7 Å². The maximum Gasteiger partial charge on any atom is 0.269 e. The van der Waals surface area contributed by atoms with Crippen LogP contribution in [0.25, 0.3) is 0 Å². The van der Waals surface area contributed by atoms with E-state index in [1.54, 1.807) is 32.0 Å². The molecule has 0 aliphatic rings. The minimum Gasteiger partial charge on any atom is -0.493 e. The molecule has 0 fully saturated rings. The molecule has 0 radical (unpaired) electrons. The number of hydrazine groups is 1. The normalized spacial score (nSPS) is 10.2. The molecule has 0 spiro atoms. The Bertz CT molecular complexity index is 750. The molecule has 0 saturated carbocycles. The highest BCUT2D eigenvalue weighted by Crippen LogP contribution is 2.27. The number of ether oxygens (including phenoxy) is 2. The van der Waals surface area contributed by atoms with Gasteiger partial charge in [-0.3, -0.25) is 20.4 Å². The number of benzene rings is 1. The van der Waals surface area contributed by atoms with Crippen LogP contribution < -0.4 is 20.3 Å². The fourth-order valence-electron chi connectivity index (χ4n) is 2.24. The minimum absolute atomic E-state index is 0.0635. The molecular weight excluding hydrogens is 326 g/mol. The van der Waals surface area contributed by atoms with E-state index in [2.05, 4.69) is 16.0 Å². The number of aromatic nitrogens is 1. The van der Waals surface area contributed by atoms with E-state index < -0.39 is 5.91 Å². The summed E-state index contributed by atoms with van der Waals surface area (Å²) in [4.78, 5) is 24.1. The van der Waals surface area contributed by atoms with Gasteiger partial charge in [0.25, 0.3) is 5.91 Å². The van der Waals surface area contributed by atoms with Crippen molar-refractivity contribution in [3.63, 3.8) is 0 Å². The van der Waals surface area contributed by atoms with Crippen molar-refractivity contribution in [3.8, 4) is 11.5 Å². The molecule has 1 aromatic carbocycles. The lowest BCUT2D eigenvalue weighted by atomic mass is 10.1. The third-order valence-corrected chi connectivity index (χ3v) is 3.56. The summed E-state index contributed by atoms with van der Waals surface area (Å²) in [5.74, 6) is 0.727. The molecule has 0 atom stereocenters. The van der Waals surface area contributed by atoms with Crippen LogP contribution in [0, 0.1) is 13.8 Å². The predicted octanol–water partition coefficient (Wildman–Crippen LogP) is 1.70. The molecule has 0 saturated heterocycles. The van der Waals surface area contributed by atoms with Gasteiger partial charge >= 0.3 is 0 Å². The molecule has 2 rings (SSSR count). The molecule has 1 aromatic heterocycles. The first-order chi connectivity index (χ1) is 12.0. The lowest BCUT2D eigenvalue weighted by Crippen LogP contribution is -2.42. The Hall–Kier alpha value is -3.03. The Balaban J connectivity index is 1.97. The van der Waals surface area contributed by atoms with Gasteiger partial charge < -0.3 is 14.0 Å². The van der Waals surface area contributed by atoms with Gasteiger partial charge in [0.2, 0.25) is 5.91 Å². The van der Waals surface area contributed by atoms with Gasteiger partial charge in [-0.1, -0.05) is 5.16 Å². The van der Waals surface area contributed by atoms with Crippen molar-refractivity contribution < 1.29 is 23.6 Å². The van der Waals surface area contributed by atoms with Crippen LogP contribution in [0.15, 0.2) is 22.7 Å². The standard InChI is InChI=1S/C17H21N3O5/c1-5-24-14-7-6-12(8-15(14)23-4)17(22)19-18-16(21)9-13-10(2)20-25-11(13)3/h6-8H,5,9H2,1-4H3,(H,18,21)(H,19,22). The molecule has 8 nitrogen and oxygen atoms in total. The number of nitrogens with one attached hydrogen (secondary N) is 2. The summed E-state index contributed by atoms with van der Waals surface area (Å²) in [7, 11) is 1.49. The van der Waals surface area contributed by atoms with E-state index in [1.165, 1.54) is 7.11 Å². The van der Waals surface area contributed by atoms with Crippen LogP contribution in [-0.4, -0.2) is 30.7 Å². The van der Waals surface area contributed by atoms with Crippen molar-refractivity contribution in [1.29, 1.82) is 0 Å². The number of hydrogen-bond donors (Lipinski definition) is 2. The van der Waals surface area contributed by atoms with Gasteiger partial charge in [0.05, 0.1) is 25.8 Å². The van der Waals surface area contributed by atoms with Gasteiger partial charge in [-0.15, -0.1) is 0 Å². The Labute approximate surface area is 145 Å². The molecule has 134 valence electrons. The molecule has 25 heavy (non-hydrogen) atoms. The fraction of sp³-hybridized carbons (Fsp3) is 0.353. The van der Waals surface area contributed by atoms with E-state index in [4.69, 9.17) is 14.0 Å². The number of amides is 2. The number of nitrogens with zero attached hydrogens (tertiary/aromatic N) is 1. The van der Waals surface area contributed by atoms with E-state index in [-0.39, 0.29) is 12.3 Å². The minimum atomic E-state index is -0.464. The third-order valence-electron chi connectivity index (χ3n) is 3.56. The SMILES string of the molecule is CCOc1ccc(C(=O)NNC(=O)Cc2c(C)noc2C)cc1OC. The second kappa shape index (κ2) is 8.18. The lowest BCUT2D eigenvalue weighted by Gasteiger charge is -2.11. The van der Waals surface area contributed by atoms with Crippen molar-refractivity contribution in [2.45, 2.75) is 27.2 Å². The van der Waals surface area contributed by atoms with Crippen LogP contribution in [-0.2, 0) is 11.2 Å². The van der Waals surface area contributed by atoms with Gasteiger partial charge in [-0.2, -0.15) is 0 Å². The predicted molar refractivity (Wildman–Crippen MR) is 89.5 cm³/mol. The molecule has 2 amide bonds. The van der Waals surface area contributed by atoms with Crippen LogP contribution >= 0.6 is 0 Å². The summed E-state index contributed by atoms with van der Waals surface area (Å²) in [6, 6.07) is 4.77. The van der Waals surface area contributed by atoms with Gasteiger partial charge in [-0.05, 0) is 39.0 Å². The molecule has 0 aliphatic carbocycles. The molecule has 2 N–H and O–H groups in total. The monoisotopic (exact) mass is 347 g/mol. The van der Waals surface area contributed by atoms with E-state index in [0.717, 1.165) is 0 Å². The molecule has 0 bridgehead atoms. The van der Waals surface area contributed by atoms with Gasteiger partial charge in [0.1, 0.15) is 5.76 Å². The summed E-state index contributed by atoms with van der Waals surface area (Å²) < 4.78 is 15.6.